The SMILES string of the molecule is CCOC(=O)N1CCc2cc(F)c(C(=O)Nc3cccc(-c4nnc5n4[C@@H](C)CC5)n3)cc2C1. The van der Waals surface area contributed by atoms with Crippen molar-refractivity contribution in [2.45, 2.75) is 45.7 Å². The van der Waals surface area contributed by atoms with Crippen LogP contribution < -0.4 is 5.32 Å². The molecule has 2 aliphatic rings. The lowest BCUT2D eigenvalue weighted by molar-refractivity contribution is 0.102. The minimum Gasteiger partial charge on any atom is -0.450 e. The molecule has 1 aromatic carbocycles. The molecular formula is C24H25FN6O3. The number of carbonyl (C=O) groups is 2. The fourth-order valence-electron chi connectivity index (χ4n) is 4.54. The van der Waals surface area contributed by atoms with E-state index in [1.54, 1.807) is 30.0 Å². The molecule has 3 aromatic rings. The molecule has 34 heavy (non-hydrogen) atoms. The monoisotopic (exact) mass is 464 g/mol. The molecule has 1 atom stereocenters. The Bertz CT molecular complexity index is 1270. The van der Waals surface area contributed by atoms with Crippen LogP contribution in [0, 0.1) is 5.82 Å². The average Bonchev–Trinajstić information content (AvgIpc) is 3.41. The van der Waals surface area contributed by atoms with Gasteiger partial charge >= 0.3 is 6.09 Å². The van der Waals surface area contributed by atoms with Crippen molar-refractivity contribution >= 4 is 17.8 Å². The van der Waals surface area contributed by atoms with Crippen molar-refractivity contribution in [3.05, 3.63) is 58.7 Å². The lowest BCUT2D eigenvalue weighted by atomic mass is 9.97. The predicted octanol–water partition coefficient (Wildman–Crippen LogP) is 3.75. The third-order valence-electron chi connectivity index (χ3n) is 6.28. The van der Waals surface area contributed by atoms with Gasteiger partial charge in [0.25, 0.3) is 5.91 Å². The Morgan fingerprint density at radius 3 is 2.88 bits per heavy atom. The first-order valence-electron chi connectivity index (χ1n) is 11.4. The highest BCUT2D eigenvalue weighted by Crippen LogP contribution is 2.30. The Balaban J connectivity index is 1.37. The van der Waals surface area contributed by atoms with E-state index in [9.17, 15) is 14.0 Å². The van der Waals surface area contributed by atoms with E-state index in [-0.39, 0.29) is 30.6 Å². The number of nitrogens with one attached hydrogen (secondary N) is 1. The first-order chi connectivity index (χ1) is 16.4. The van der Waals surface area contributed by atoms with Crippen LogP contribution in [0.15, 0.2) is 30.3 Å². The van der Waals surface area contributed by atoms with Gasteiger partial charge in [-0.25, -0.2) is 14.2 Å². The van der Waals surface area contributed by atoms with Gasteiger partial charge in [-0.2, -0.15) is 0 Å². The molecule has 0 saturated heterocycles. The molecule has 9 nitrogen and oxygen atoms in total. The number of hydrogen-bond donors (Lipinski definition) is 1. The molecule has 0 aliphatic carbocycles. The third kappa shape index (κ3) is 4.00. The van der Waals surface area contributed by atoms with Gasteiger partial charge in [0.15, 0.2) is 5.82 Å². The summed E-state index contributed by atoms with van der Waals surface area (Å²) in [6.07, 6.45) is 1.95. The number of aryl methyl sites for hydroxylation is 1. The lowest BCUT2D eigenvalue weighted by Crippen LogP contribution is -2.36. The second kappa shape index (κ2) is 8.85. The molecule has 4 heterocycles. The van der Waals surface area contributed by atoms with Crippen molar-refractivity contribution < 1.29 is 18.7 Å². The molecule has 5 rings (SSSR count). The highest BCUT2D eigenvalue weighted by molar-refractivity contribution is 6.04. The zero-order valence-corrected chi connectivity index (χ0v) is 19.0. The maximum atomic E-state index is 14.8. The van der Waals surface area contributed by atoms with Crippen LogP contribution in [0.4, 0.5) is 15.0 Å². The van der Waals surface area contributed by atoms with Gasteiger partial charge in [0.1, 0.15) is 23.2 Å². The summed E-state index contributed by atoms with van der Waals surface area (Å²) < 4.78 is 21.9. The molecular weight excluding hydrogens is 439 g/mol. The Hall–Kier alpha value is -3.82. The topological polar surface area (TPSA) is 102 Å². The van der Waals surface area contributed by atoms with E-state index in [1.807, 2.05) is 0 Å². The van der Waals surface area contributed by atoms with Crippen LogP contribution in [0.1, 0.15) is 53.6 Å². The van der Waals surface area contributed by atoms with Crippen LogP contribution in [0.25, 0.3) is 11.5 Å². The molecule has 0 radical (unpaired) electrons. The van der Waals surface area contributed by atoms with E-state index in [1.165, 1.54) is 12.1 Å². The summed E-state index contributed by atoms with van der Waals surface area (Å²) in [5.74, 6) is 0.636. The van der Waals surface area contributed by atoms with Gasteiger partial charge in [0.2, 0.25) is 0 Å². The van der Waals surface area contributed by atoms with E-state index >= 15 is 0 Å². The van der Waals surface area contributed by atoms with Gasteiger partial charge in [0, 0.05) is 25.6 Å². The Morgan fingerprint density at radius 1 is 1.21 bits per heavy atom. The predicted molar refractivity (Wildman–Crippen MR) is 122 cm³/mol. The molecule has 10 heteroatoms. The number of carbonyl (C=O) groups excluding carboxylic acids is 2. The minimum absolute atomic E-state index is 0.103. The first kappa shape index (κ1) is 22.0. The second-order valence-electron chi connectivity index (χ2n) is 8.53. The Morgan fingerprint density at radius 2 is 2.06 bits per heavy atom. The van der Waals surface area contributed by atoms with E-state index in [0.29, 0.717) is 24.5 Å². The zero-order valence-electron chi connectivity index (χ0n) is 19.0. The lowest BCUT2D eigenvalue weighted by Gasteiger charge is -2.28. The van der Waals surface area contributed by atoms with Gasteiger partial charge in [-0.05, 0) is 62.1 Å². The summed E-state index contributed by atoms with van der Waals surface area (Å²) in [5, 5.41) is 11.2. The van der Waals surface area contributed by atoms with Crippen molar-refractivity contribution in [1.29, 1.82) is 0 Å². The van der Waals surface area contributed by atoms with Crippen molar-refractivity contribution in [3.8, 4) is 11.5 Å². The highest BCUT2D eigenvalue weighted by atomic mass is 19.1. The van der Waals surface area contributed by atoms with Crippen LogP contribution in [0.2, 0.25) is 0 Å². The number of aromatic nitrogens is 4. The second-order valence-corrected chi connectivity index (χ2v) is 8.53. The molecule has 2 aromatic heterocycles. The highest BCUT2D eigenvalue weighted by Gasteiger charge is 2.26. The molecule has 1 N–H and O–H groups in total. The minimum atomic E-state index is -0.613. The van der Waals surface area contributed by atoms with Crippen molar-refractivity contribution in [2.24, 2.45) is 0 Å². The van der Waals surface area contributed by atoms with Crippen molar-refractivity contribution in [1.82, 2.24) is 24.6 Å². The number of halogens is 1. The number of anilines is 1. The number of hydrogen-bond acceptors (Lipinski definition) is 6. The summed E-state index contributed by atoms with van der Waals surface area (Å²) in [6, 6.07) is 8.37. The molecule has 2 amide bonds. The summed E-state index contributed by atoms with van der Waals surface area (Å²) in [7, 11) is 0. The number of rotatable bonds is 4. The molecule has 0 unspecified atom stereocenters. The molecule has 2 aliphatic heterocycles. The normalized spacial score (nSPS) is 16.7. The molecule has 0 bridgehead atoms. The quantitative estimate of drug-likeness (QED) is 0.631. The van der Waals surface area contributed by atoms with Crippen LogP contribution in [-0.2, 0) is 24.1 Å². The van der Waals surface area contributed by atoms with Gasteiger partial charge in [-0.3, -0.25) is 4.79 Å². The third-order valence-corrected chi connectivity index (χ3v) is 6.28. The van der Waals surface area contributed by atoms with E-state index in [4.69, 9.17) is 4.74 Å². The van der Waals surface area contributed by atoms with Crippen LogP contribution >= 0.6 is 0 Å². The fraction of sp³-hybridized carbons (Fsp3) is 0.375. The summed E-state index contributed by atoms with van der Waals surface area (Å²) >= 11 is 0. The van der Waals surface area contributed by atoms with E-state index < -0.39 is 17.8 Å². The van der Waals surface area contributed by atoms with Gasteiger partial charge in [-0.15, -0.1) is 10.2 Å². The number of fused-ring (bicyclic) bond motifs is 2. The Labute approximate surface area is 196 Å². The number of ether oxygens (including phenoxy) is 1. The van der Waals surface area contributed by atoms with Crippen LogP contribution in [-0.4, -0.2) is 49.8 Å². The van der Waals surface area contributed by atoms with Crippen LogP contribution in [0.5, 0.6) is 0 Å². The molecule has 0 saturated carbocycles. The van der Waals surface area contributed by atoms with Gasteiger partial charge in [0.05, 0.1) is 12.2 Å². The standard InChI is InChI=1S/C24H25FN6O3/c1-3-34-24(33)30-10-9-15-12-18(25)17(11-16(15)13-30)23(32)27-20-6-4-5-19(26-20)22-29-28-21-8-7-14(2)31(21)22/h4-6,11-12,14H,3,7-10,13H2,1-2H3,(H,26,27,32)/t14-/m0/s1. The fourth-order valence-corrected chi connectivity index (χ4v) is 4.54. The van der Waals surface area contributed by atoms with E-state index in [2.05, 4.69) is 32.0 Å². The first-order valence-corrected chi connectivity index (χ1v) is 11.4. The van der Waals surface area contributed by atoms with Crippen molar-refractivity contribution in [2.75, 3.05) is 18.5 Å². The zero-order chi connectivity index (χ0) is 23.8. The summed E-state index contributed by atoms with van der Waals surface area (Å²) in [6.45, 7) is 4.84. The van der Waals surface area contributed by atoms with Gasteiger partial charge in [-0.1, -0.05) is 6.07 Å². The number of nitrogens with zero attached hydrogens (tertiary/aromatic N) is 5. The number of pyridine rings is 1. The van der Waals surface area contributed by atoms with Gasteiger partial charge < -0.3 is 19.5 Å². The Kier molecular flexibility index (Phi) is 5.72. The maximum Gasteiger partial charge on any atom is 0.410 e. The number of benzene rings is 1. The number of amides is 2. The molecule has 176 valence electrons. The smallest absolute Gasteiger partial charge is 0.410 e. The van der Waals surface area contributed by atoms with Crippen molar-refractivity contribution in [3.63, 3.8) is 0 Å². The van der Waals surface area contributed by atoms with Crippen LogP contribution in [0.3, 0.4) is 0 Å². The average molecular weight is 465 g/mol. The maximum absolute atomic E-state index is 14.8. The van der Waals surface area contributed by atoms with E-state index in [0.717, 1.165) is 29.8 Å². The largest absolute Gasteiger partial charge is 0.450 e. The molecule has 0 spiro atoms. The summed E-state index contributed by atoms with van der Waals surface area (Å²) in [4.78, 5) is 31.1. The molecule has 0 fully saturated rings. The summed E-state index contributed by atoms with van der Waals surface area (Å²) in [5.41, 5.74) is 1.99.